The van der Waals surface area contributed by atoms with Crippen molar-refractivity contribution in [1.82, 2.24) is 9.97 Å². The van der Waals surface area contributed by atoms with Gasteiger partial charge in [-0.25, -0.2) is 14.4 Å². The predicted molar refractivity (Wildman–Crippen MR) is 139 cm³/mol. The number of rotatable bonds is 6. The highest BCUT2D eigenvalue weighted by Gasteiger charge is 2.22. The first-order chi connectivity index (χ1) is 17.1. The van der Waals surface area contributed by atoms with Crippen molar-refractivity contribution in [2.75, 3.05) is 11.1 Å². The largest absolute Gasteiger partial charge is 0.316 e. The molecule has 176 valence electrons. The van der Waals surface area contributed by atoms with E-state index in [2.05, 4.69) is 29.4 Å². The fourth-order valence-corrected chi connectivity index (χ4v) is 6.34. The highest BCUT2D eigenvalue weighted by atomic mass is 32.2. The van der Waals surface area contributed by atoms with Crippen molar-refractivity contribution in [2.24, 2.45) is 0 Å². The van der Waals surface area contributed by atoms with Crippen molar-refractivity contribution in [3.05, 3.63) is 69.8 Å². The number of fused-ring (bicyclic) bond motifs is 2. The van der Waals surface area contributed by atoms with Crippen LogP contribution in [-0.4, -0.2) is 21.6 Å². The van der Waals surface area contributed by atoms with E-state index in [1.165, 1.54) is 40.1 Å². The summed E-state index contributed by atoms with van der Waals surface area (Å²) in [4.78, 5) is 23.5. The fourth-order valence-electron chi connectivity index (χ4n) is 4.27. The number of amides is 1. The van der Waals surface area contributed by atoms with Crippen LogP contribution in [0.3, 0.4) is 0 Å². The van der Waals surface area contributed by atoms with Gasteiger partial charge in [0.1, 0.15) is 21.9 Å². The summed E-state index contributed by atoms with van der Waals surface area (Å²) in [6.07, 6.45) is 4.95. The summed E-state index contributed by atoms with van der Waals surface area (Å²) < 4.78 is 13.4. The Balaban J connectivity index is 1.42. The number of thioether (sulfide) groups is 1. The first-order valence-corrected chi connectivity index (χ1v) is 13.4. The molecule has 5 rings (SSSR count). The van der Waals surface area contributed by atoms with Crippen LogP contribution in [0, 0.1) is 17.1 Å². The maximum absolute atomic E-state index is 13.4. The Kier molecular flexibility index (Phi) is 6.80. The average Bonchev–Trinajstić information content (AvgIpc) is 3.24. The summed E-state index contributed by atoms with van der Waals surface area (Å²) in [6.45, 7) is 2.09. The zero-order chi connectivity index (χ0) is 24.4. The molecule has 1 aliphatic rings. The summed E-state index contributed by atoms with van der Waals surface area (Å²) in [6, 6.07) is 14.4. The highest BCUT2D eigenvalue weighted by Crippen LogP contribution is 2.38. The molecule has 1 aliphatic carbocycles. The van der Waals surface area contributed by atoms with Crippen LogP contribution in [-0.2, 0) is 24.1 Å². The number of aromatic nitrogens is 2. The molecule has 8 heteroatoms. The van der Waals surface area contributed by atoms with Gasteiger partial charge in [0.25, 0.3) is 0 Å². The first-order valence-electron chi connectivity index (χ1n) is 11.6. The van der Waals surface area contributed by atoms with Crippen LogP contribution < -0.4 is 5.32 Å². The molecule has 0 bridgehead atoms. The lowest BCUT2D eigenvalue weighted by Crippen LogP contribution is -2.14. The predicted octanol–water partition coefficient (Wildman–Crippen LogP) is 6.54. The van der Waals surface area contributed by atoms with E-state index in [0.29, 0.717) is 27.0 Å². The molecule has 0 saturated carbocycles. The number of halogens is 1. The van der Waals surface area contributed by atoms with E-state index in [9.17, 15) is 14.4 Å². The lowest BCUT2D eigenvalue weighted by atomic mass is 9.96. The van der Waals surface area contributed by atoms with Gasteiger partial charge in [0.15, 0.2) is 5.82 Å². The van der Waals surface area contributed by atoms with Gasteiger partial charge >= 0.3 is 0 Å². The molecule has 0 spiro atoms. The van der Waals surface area contributed by atoms with Crippen LogP contribution in [0.5, 0.6) is 0 Å². The van der Waals surface area contributed by atoms with Crippen LogP contribution in [0.2, 0.25) is 0 Å². The SMILES string of the molecule is CCc1ccc2nc(-c3ccc(F)cc3)nc(SCC(=O)Nc3sc4c(c3C#N)CCCC4)c2c1. The Hall–Kier alpha value is -3.28. The number of benzene rings is 2. The quantitative estimate of drug-likeness (QED) is 0.239. The van der Waals surface area contributed by atoms with Gasteiger partial charge in [0.05, 0.1) is 16.8 Å². The molecular weight excluding hydrogens is 479 g/mol. The number of anilines is 1. The van der Waals surface area contributed by atoms with Gasteiger partial charge in [0, 0.05) is 15.8 Å². The molecule has 5 nitrogen and oxygen atoms in total. The maximum Gasteiger partial charge on any atom is 0.235 e. The number of carbonyl (C=O) groups is 1. The summed E-state index contributed by atoms with van der Waals surface area (Å²) in [7, 11) is 0. The first kappa shape index (κ1) is 23.5. The zero-order valence-electron chi connectivity index (χ0n) is 19.2. The molecule has 0 aliphatic heterocycles. The minimum atomic E-state index is -0.319. The Labute approximate surface area is 211 Å². The van der Waals surface area contributed by atoms with Crippen molar-refractivity contribution < 1.29 is 9.18 Å². The number of aryl methyl sites for hydroxylation is 2. The van der Waals surface area contributed by atoms with Gasteiger partial charge < -0.3 is 5.32 Å². The summed E-state index contributed by atoms with van der Waals surface area (Å²) in [5.41, 5.74) is 4.36. The van der Waals surface area contributed by atoms with Gasteiger partial charge in [-0.3, -0.25) is 4.79 Å². The van der Waals surface area contributed by atoms with Gasteiger partial charge in [-0.15, -0.1) is 11.3 Å². The van der Waals surface area contributed by atoms with E-state index in [1.54, 1.807) is 12.1 Å². The van der Waals surface area contributed by atoms with Crippen molar-refractivity contribution in [1.29, 1.82) is 5.26 Å². The number of hydrogen-bond acceptors (Lipinski definition) is 6. The highest BCUT2D eigenvalue weighted by molar-refractivity contribution is 8.00. The zero-order valence-corrected chi connectivity index (χ0v) is 20.9. The standard InChI is InChI=1S/C27H23FN4OS2/c1-2-16-7-12-22-20(13-16)26(32-25(30-22)17-8-10-18(28)11-9-17)34-15-24(33)31-27-21(14-29)19-5-3-4-6-23(19)35-27/h7-13H,2-6,15H2,1H3,(H,31,33). The number of nitrogens with zero attached hydrogens (tertiary/aromatic N) is 3. The monoisotopic (exact) mass is 502 g/mol. The minimum Gasteiger partial charge on any atom is -0.316 e. The number of thiophene rings is 1. The molecule has 4 aromatic rings. The molecule has 2 aromatic heterocycles. The smallest absolute Gasteiger partial charge is 0.235 e. The lowest BCUT2D eigenvalue weighted by Gasteiger charge is -2.10. The van der Waals surface area contributed by atoms with E-state index in [1.807, 2.05) is 12.1 Å². The number of nitrogens with one attached hydrogen (secondary N) is 1. The van der Waals surface area contributed by atoms with Gasteiger partial charge in [-0.05, 0) is 79.6 Å². The maximum atomic E-state index is 13.4. The summed E-state index contributed by atoms with van der Waals surface area (Å²) in [5, 5.41) is 14.9. The van der Waals surface area contributed by atoms with E-state index in [-0.39, 0.29) is 17.5 Å². The Morgan fingerprint density at radius 2 is 1.97 bits per heavy atom. The molecule has 35 heavy (non-hydrogen) atoms. The second kappa shape index (κ2) is 10.1. The Bertz CT molecular complexity index is 1460. The third-order valence-electron chi connectivity index (χ3n) is 6.11. The molecule has 2 aromatic carbocycles. The van der Waals surface area contributed by atoms with E-state index in [4.69, 9.17) is 4.98 Å². The molecule has 1 N–H and O–H groups in total. The van der Waals surface area contributed by atoms with Gasteiger partial charge in [-0.1, -0.05) is 24.8 Å². The van der Waals surface area contributed by atoms with Crippen molar-refractivity contribution in [3.8, 4) is 17.5 Å². The van der Waals surface area contributed by atoms with Crippen molar-refractivity contribution in [2.45, 2.75) is 44.1 Å². The normalized spacial score (nSPS) is 12.8. The van der Waals surface area contributed by atoms with Crippen LogP contribution in [0.4, 0.5) is 9.39 Å². The molecule has 0 unspecified atom stereocenters. The van der Waals surface area contributed by atoms with E-state index in [0.717, 1.165) is 54.1 Å². The molecule has 2 heterocycles. The summed E-state index contributed by atoms with van der Waals surface area (Å²) in [5.74, 6) is 0.147. The number of nitriles is 1. The van der Waals surface area contributed by atoms with Gasteiger partial charge in [0.2, 0.25) is 5.91 Å². The van der Waals surface area contributed by atoms with E-state index < -0.39 is 0 Å². The topological polar surface area (TPSA) is 78.7 Å². The second-order valence-corrected chi connectivity index (χ2v) is 10.5. The van der Waals surface area contributed by atoms with Gasteiger partial charge in [-0.2, -0.15) is 5.26 Å². The fraction of sp³-hybridized carbons (Fsp3) is 0.259. The molecular formula is C27H23FN4OS2. The van der Waals surface area contributed by atoms with E-state index >= 15 is 0 Å². The molecule has 0 atom stereocenters. The minimum absolute atomic E-state index is 0.152. The third kappa shape index (κ3) is 4.93. The average molecular weight is 503 g/mol. The Morgan fingerprint density at radius 3 is 2.74 bits per heavy atom. The van der Waals surface area contributed by atoms with Crippen LogP contribution in [0.1, 0.15) is 41.3 Å². The molecule has 1 amide bonds. The van der Waals surface area contributed by atoms with Crippen LogP contribution in [0.15, 0.2) is 47.5 Å². The lowest BCUT2D eigenvalue weighted by molar-refractivity contribution is -0.113. The molecule has 0 radical (unpaired) electrons. The number of hydrogen-bond donors (Lipinski definition) is 1. The Morgan fingerprint density at radius 1 is 1.17 bits per heavy atom. The van der Waals surface area contributed by atoms with Crippen LogP contribution in [0.25, 0.3) is 22.3 Å². The molecule has 0 saturated heterocycles. The number of carbonyl (C=O) groups excluding carboxylic acids is 1. The van der Waals surface area contributed by atoms with Crippen LogP contribution >= 0.6 is 23.1 Å². The summed E-state index contributed by atoms with van der Waals surface area (Å²) >= 11 is 2.87. The van der Waals surface area contributed by atoms with Crippen molar-refractivity contribution in [3.63, 3.8) is 0 Å². The molecule has 0 fully saturated rings. The second-order valence-electron chi connectivity index (χ2n) is 8.43. The third-order valence-corrected chi connectivity index (χ3v) is 8.31. The van der Waals surface area contributed by atoms with Crippen molar-refractivity contribution >= 4 is 44.9 Å².